The second kappa shape index (κ2) is 7.98. The van der Waals surface area contributed by atoms with E-state index in [9.17, 15) is 9.59 Å². The molecule has 0 saturated carbocycles. The first-order chi connectivity index (χ1) is 14.2. The molecule has 0 fully saturated rings. The minimum absolute atomic E-state index is 0.162. The molecule has 0 unspecified atom stereocenters. The number of aromatic nitrogens is 1. The second-order valence-corrected chi connectivity index (χ2v) is 6.53. The van der Waals surface area contributed by atoms with Crippen LogP contribution in [0.3, 0.4) is 0 Å². The summed E-state index contributed by atoms with van der Waals surface area (Å²) in [4.78, 5) is 31.7. The van der Waals surface area contributed by atoms with Gasteiger partial charge in [-0.25, -0.2) is 0 Å². The zero-order valence-electron chi connectivity index (χ0n) is 15.8. The maximum atomic E-state index is 13.2. The summed E-state index contributed by atoms with van der Waals surface area (Å²) < 4.78 is 5.18. The molecule has 1 aliphatic heterocycles. The third-order valence-electron chi connectivity index (χ3n) is 4.65. The lowest BCUT2D eigenvalue weighted by Gasteiger charge is -2.15. The lowest BCUT2D eigenvalue weighted by atomic mass is 10.0. The maximum Gasteiger partial charge on any atom is 0.278 e. The van der Waals surface area contributed by atoms with E-state index in [1.54, 1.807) is 49.8 Å². The third kappa shape index (κ3) is 3.73. The average molecular weight is 385 g/mol. The van der Waals surface area contributed by atoms with Gasteiger partial charge in [-0.3, -0.25) is 19.5 Å². The van der Waals surface area contributed by atoms with Crippen molar-refractivity contribution in [3.05, 3.63) is 95.9 Å². The minimum atomic E-state index is -0.367. The molecule has 3 aromatic rings. The summed E-state index contributed by atoms with van der Waals surface area (Å²) in [5.74, 6) is 0.00873. The van der Waals surface area contributed by atoms with Crippen LogP contribution in [0.5, 0.6) is 5.75 Å². The van der Waals surface area contributed by atoms with Gasteiger partial charge in [-0.1, -0.05) is 36.4 Å². The Morgan fingerprint density at radius 3 is 2.34 bits per heavy atom. The third-order valence-corrected chi connectivity index (χ3v) is 4.65. The fourth-order valence-electron chi connectivity index (χ4n) is 3.20. The number of hydrogen-bond acceptors (Lipinski definition) is 5. The molecule has 2 aromatic carbocycles. The van der Waals surface area contributed by atoms with E-state index in [4.69, 9.17) is 4.74 Å². The number of methoxy groups -OCH3 is 1. The van der Waals surface area contributed by atoms with E-state index in [0.29, 0.717) is 22.6 Å². The van der Waals surface area contributed by atoms with Crippen LogP contribution in [0.15, 0.2) is 84.8 Å². The van der Waals surface area contributed by atoms with Gasteiger partial charge in [0.2, 0.25) is 0 Å². The number of carbonyl (C=O) groups is 2. The lowest BCUT2D eigenvalue weighted by Crippen LogP contribution is -2.32. The fourth-order valence-corrected chi connectivity index (χ4v) is 3.20. The Morgan fingerprint density at radius 2 is 1.69 bits per heavy atom. The van der Waals surface area contributed by atoms with Crippen molar-refractivity contribution in [1.29, 1.82) is 0 Å². The van der Waals surface area contributed by atoms with Gasteiger partial charge in [-0.15, -0.1) is 0 Å². The molecular weight excluding hydrogens is 366 g/mol. The van der Waals surface area contributed by atoms with Crippen LogP contribution in [0.1, 0.15) is 11.1 Å². The van der Waals surface area contributed by atoms with E-state index in [2.05, 4.69) is 10.3 Å². The molecule has 1 aliphatic rings. The average Bonchev–Trinajstić information content (AvgIpc) is 3.00. The Hall–Kier alpha value is -3.93. The molecule has 0 bridgehead atoms. The number of benzene rings is 2. The number of imide groups is 1. The molecule has 29 heavy (non-hydrogen) atoms. The molecule has 0 radical (unpaired) electrons. The molecule has 1 aromatic heterocycles. The molecule has 0 aliphatic carbocycles. The van der Waals surface area contributed by atoms with Gasteiger partial charge in [0.25, 0.3) is 11.8 Å². The van der Waals surface area contributed by atoms with Crippen LogP contribution in [0, 0.1) is 0 Å². The van der Waals surface area contributed by atoms with Crippen LogP contribution in [0.25, 0.3) is 5.57 Å². The van der Waals surface area contributed by atoms with Crippen LogP contribution < -0.4 is 10.1 Å². The second-order valence-electron chi connectivity index (χ2n) is 6.53. The van der Waals surface area contributed by atoms with Gasteiger partial charge in [-0.2, -0.15) is 0 Å². The number of nitrogens with one attached hydrogen (secondary N) is 1. The zero-order valence-corrected chi connectivity index (χ0v) is 15.8. The van der Waals surface area contributed by atoms with Crippen molar-refractivity contribution in [2.45, 2.75) is 6.54 Å². The molecular formula is C23H19N3O3. The largest absolute Gasteiger partial charge is 0.497 e. The van der Waals surface area contributed by atoms with Crippen molar-refractivity contribution in [3.63, 3.8) is 0 Å². The van der Waals surface area contributed by atoms with Gasteiger partial charge < -0.3 is 10.1 Å². The first-order valence-corrected chi connectivity index (χ1v) is 9.13. The number of amides is 2. The molecule has 6 heteroatoms. The molecule has 0 atom stereocenters. The smallest absolute Gasteiger partial charge is 0.278 e. The van der Waals surface area contributed by atoms with Gasteiger partial charge in [0, 0.05) is 18.1 Å². The van der Waals surface area contributed by atoms with Gasteiger partial charge in [0.05, 0.1) is 19.2 Å². The van der Waals surface area contributed by atoms with E-state index in [-0.39, 0.29) is 24.1 Å². The van der Waals surface area contributed by atoms with Gasteiger partial charge in [-0.05, 0) is 41.5 Å². The number of ether oxygens (including phenoxy) is 1. The van der Waals surface area contributed by atoms with Crippen molar-refractivity contribution >= 4 is 23.1 Å². The van der Waals surface area contributed by atoms with E-state index in [0.717, 1.165) is 5.56 Å². The van der Waals surface area contributed by atoms with Gasteiger partial charge >= 0.3 is 0 Å². The van der Waals surface area contributed by atoms with Crippen molar-refractivity contribution < 1.29 is 14.3 Å². The SMILES string of the molecule is COc1ccc(NC2=C(c3ccccc3)C(=O)N(Cc3cccnc3)C2=O)cc1. The Kier molecular flexibility index (Phi) is 5.07. The predicted molar refractivity (Wildman–Crippen MR) is 110 cm³/mol. The zero-order chi connectivity index (χ0) is 20.2. The molecule has 0 saturated heterocycles. The number of hydrogen-bond donors (Lipinski definition) is 1. The quantitative estimate of drug-likeness (QED) is 0.658. The van der Waals surface area contributed by atoms with Gasteiger partial charge in [0.15, 0.2) is 0 Å². The Morgan fingerprint density at radius 1 is 0.931 bits per heavy atom. The minimum Gasteiger partial charge on any atom is -0.497 e. The summed E-state index contributed by atoms with van der Waals surface area (Å²) in [5.41, 5.74) is 2.78. The summed E-state index contributed by atoms with van der Waals surface area (Å²) >= 11 is 0. The normalized spacial score (nSPS) is 13.8. The van der Waals surface area contributed by atoms with Crippen molar-refractivity contribution in [2.75, 3.05) is 12.4 Å². The molecule has 6 nitrogen and oxygen atoms in total. The Bertz CT molecular complexity index is 1060. The van der Waals surface area contributed by atoms with Crippen LogP contribution in [-0.2, 0) is 16.1 Å². The molecule has 1 N–H and O–H groups in total. The van der Waals surface area contributed by atoms with Crippen LogP contribution in [-0.4, -0.2) is 28.8 Å². The highest BCUT2D eigenvalue weighted by Crippen LogP contribution is 2.31. The number of nitrogens with zero attached hydrogens (tertiary/aromatic N) is 2. The fraction of sp³-hybridized carbons (Fsp3) is 0.0870. The van der Waals surface area contributed by atoms with Crippen molar-refractivity contribution in [1.82, 2.24) is 9.88 Å². The molecule has 2 heterocycles. The van der Waals surface area contributed by atoms with Crippen molar-refractivity contribution in [3.8, 4) is 5.75 Å². The molecule has 144 valence electrons. The predicted octanol–water partition coefficient (Wildman–Crippen LogP) is 3.48. The first-order valence-electron chi connectivity index (χ1n) is 9.13. The summed E-state index contributed by atoms with van der Waals surface area (Å²) in [5, 5.41) is 3.13. The highest BCUT2D eigenvalue weighted by Gasteiger charge is 2.39. The number of carbonyl (C=O) groups excluding carboxylic acids is 2. The molecule has 2 amide bonds. The molecule has 4 rings (SSSR count). The highest BCUT2D eigenvalue weighted by atomic mass is 16.5. The topological polar surface area (TPSA) is 71.5 Å². The monoisotopic (exact) mass is 385 g/mol. The number of anilines is 1. The van der Waals surface area contributed by atoms with E-state index in [1.807, 2.05) is 36.4 Å². The first kappa shape index (κ1) is 18.4. The Balaban J connectivity index is 1.71. The number of rotatable bonds is 6. The van der Waals surface area contributed by atoms with Crippen LogP contribution in [0.4, 0.5) is 5.69 Å². The summed E-state index contributed by atoms with van der Waals surface area (Å²) in [6.07, 6.45) is 3.30. The summed E-state index contributed by atoms with van der Waals surface area (Å²) in [6, 6.07) is 20.0. The standard InChI is InChI=1S/C23H19N3O3/c1-29-19-11-9-18(10-12-19)25-21-20(17-7-3-2-4-8-17)22(27)26(23(21)28)15-16-6-5-13-24-14-16/h2-14,25H,15H2,1H3. The van der Waals surface area contributed by atoms with Crippen LogP contribution >= 0.6 is 0 Å². The maximum absolute atomic E-state index is 13.2. The summed E-state index contributed by atoms with van der Waals surface area (Å²) in [7, 11) is 1.59. The molecule has 0 spiro atoms. The van der Waals surface area contributed by atoms with E-state index in [1.165, 1.54) is 4.90 Å². The summed E-state index contributed by atoms with van der Waals surface area (Å²) in [6.45, 7) is 0.162. The number of pyridine rings is 1. The van der Waals surface area contributed by atoms with E-state index < -0.39 is 0 Å². The van der Waals surface area contributed by atoms with Gasteiger partial charge in [0.1, 0.15) is 11.4 Å². The Labute approximate surface area is 168 Å². The van der Waals surface area contributed by atoms with Crippen molar-refractivity contribution in [2.24, 2.45) is 0 Å². The highest BCUT2D eigenvalue weighted by molar-refractivity contribution is 6.36. The van der Waals surface area contributed by atoms with Crippen LogP contribution in [0.2, 0.25) is 0 Å². The lowest BCUT2D eigenvalue weighted by molar-refractivity contribution is -0.137. The van der Waals surface area contributed by atoms with E-state index >= 15 is 0 Å².